The van der Waals surface area contributed by atoms with Crippen molar-refractivity contribution in [2.45, 2.75) is 6.92 Å². The highest BCUT2D eigenvalue weighted by molar-refractivity contribution is 6.07. The van der Waals surface area contributed by atoms with Gasteiger partial charge in [-0.25, -0.2) is 0 Å². The molecule has 0 spiro atoms. The maximum Gasteiger partial charge on any atom is 0.231 e. The van der Waals surface area contributed by atoms with Crippen LogP contribution in [0.25, 0.3) is 6.08 Å². The molecule has 2 aromatic rings. The van der Waals surface area contributed by atoms with Gasteiger partial charge in [0.1, 0.15) is 5.75 Å². The summed E-state index contributed by atoms with van der Waals surface area (Å²) in [6, 6.07) is 12.7. The molecular weight excluding hydrogens is 280 g/mol. The van der Waals surface area contributed by atoms with Crippen LogP contribution in [0.4, 0.5) is 0 Å². The largest absolute Gasteiger partial charge is 0.494 e. The van der Waals surface area contributed by atoms with Crippen LogP contribution >= 0.6 is 0 Å². The third-order valence-electron chi connectivity index (χ3n) is 3.25. The van der Waals surface area contributed by atoms with Gasteiger partial charge in [-0.2, -0.15) is 0 Å². The highest BCUT2D eigenvalue weighted by atomic mass is 16.7. The molecule has 4 nitrogen and oxygen atoms in total. The summed E-state index contributed by atoms with van der Waals surface area (Å²) in [6.07, 6.45) is 3.31. The van der Waals surface area contributed by atoms with Gasteiger partial charge < -0.3 is 14.2 Å². The van der Waals surface area contributed by atoms with E-state index >= 15 is 0 Å². The van der Waals surface area contributed by atoms with Gasteiger partial charge in [0.15, 0.2) is 17.3 Å². The smallest absolute Gasteiger partial charge is 0.231 e. The fraction of sp³-hybridized carbons (Fsp3) is 0.167. The standard InChI is InChI=1S/C18H16O4/c1-2-20-15-5-3-4-14(11-15)16(19)8-6-13-7-9-17-18(10-13)22-12-21-17/h3-11H,2,12H2,1H3. The number of carbonyl (C=O) groups excluding carboxylic acids is 1. The molecular formula is C18H16O4. The number of allylic oxidation sites excluding steroid dienone is 1. The minimum absolute atomic E-state index is 0.0702. The number of ether oxygens (including phenoxy) is 3. The first-order valence-corrected chi connectivity index (χ1v) is 7.11. The first-order chi connectivity index (χ1) is 10.8. The number of hydrogen-bond donors (Lipinski definition) is 0. The predicted molar refractivity (Wildman–Crippen MR) is 83.5 cm³/mol. The molecule has 0 amide bonds. The normalized spacial score (nSPS) is 12.6. The van der Waals surface area contributed by atoms with Gasteiger partial charge in [-0.1, -0.05) is 24.3 Å². The fourth-order valence-electron chi connectivity index (χ4n) is 2.19. The van der Waals surface area contributed by atoms with E-state index in [1.807, 2.05) is 37.3 Å². The molecule has 4 heteroatoms. The molecule has 3 rings (SSSR count). The first-order valence-electron chi connectivity index (χ1n) is 7.11. The van der Waals surface area contributed by atoms with Gasteiger partial charge in [0.05, 0.1) is 6.61 Å². The van der Waals surface area contributed by atoms with Crippen molar-refractivity contribution in [2.75, 3.05) is 13.4 Å². The SMILES string of the molecule is CCOc1cccc(C(=O)C=Cc2ccc3c(c2)OCO3)c1. The lowest BCUT2D eigenvalue weighted by molar-refractivity contribution is 0.104. The first kappa shape index (κ1) is 14.2. The summed E-state index contributed by atoms with van der Waals surface area (Å²) >= 11 is 0. The van der Waals surface area contributed by atoms with Crippen LogP contribution in [0.15, 0.2) is 48.5 Å². The van der Waals surface area contributed by atoms with Crippen LogP contribution in [0.5, 0.6) is 17.2 Å². The third-order valence-corrected chi connectivity index (χ3v) is 3.25. The molecule has 0 aromatic heterocycles. The molecule has 1 heterocycles. The molecule has 0 atom stereocenters. The molecule has 0 N–H and O–H groups in total. The summed E-state index contributed by atoms with van der Waals surface area (Å²) in [7, 11) is 0. The van der Waals surface area contributed by atoms with E-state index in [-0.39, 0.29) is 12.6 Å². The Labute approximate surface area is 128 Å². The van der Waals surface area contributed by atoms with E-state index in [9.17, 15) is 4.79 Å². The maximum atomic E-state index is 12.2. The molecule has 0 saturated heterocycles. The lowest BCUT2D eigenvalue weighted by atomic mass is 10.1. The Morgan fingerprint density at radius 1 is 1.18 bits per heavy atom. The molecule has 2 aromatic carbocycles. The topological polar surface area (TPSA) is 44.8 Å². The van der Waals surface area contributed by atoms with Gasteiger partial charge >= 0.3 is 0 Å². The molecule has 0 saturated carbocycles. The van der Waals surface area contributed by atoms with Crippen molar-refractivity contribution in [1.29, 1.82) is 0 Å². The molecule has 1 aliphatic heterocycles. The summed E-state index contributed by atoms with van der Waals surface area (Å²) in [4.78, 5) is 12.2. The van der Waals surface area contributed by atoms with Crippen molar-refractivity contribution < 1.29 is 19.0 Å². The van der Waals surface area contributed by atoms with Crippen molar-refractivity contribution in [1.82, 2.24) is 0 Å². The second kappa shape index (κ2) is 6.35. The van der Waals surface area contributed by atoms with Crippen molar-refractivity contribution >= 4 is 11.9 Å². The van der Waals surface area contributed by atoms with E-state index in [1.54, 1.807) is 24.3 Å². The minimum atomic E-state index is -0.0702. The molecule has 0 fully saturated rings. The summed E-state index contributed by atoms with van der Waals surface area (Å²) < 4.78 is 16.0. The Balaban J connectivity index is 1.74. The molecule has 1 aliphatic rings. The van der Waals surface area contributed by atoms with Gasteiger partial charge in [0, 0.05) is 5.56 Å². The van der Waals surface area contributed by atoms with Crippen molar-refractivity contribution in [3.63, 3.8) is 0 Å². The maximum absolute atomic E-state index is 12.2. The van der Waals surface area contributed by atoms with Crippen molar-refractivity contribution in [3.8, 4) is 17.2 Å². The molecule has 0 aliphatic carbocycles. The Bertz CT molecular complexity index is 719. The van der Waals surface area contributed by atoms with E-state index in [1.165, 1.54) is 0 Å². The Morgan fingerprint density at radius 3 is 2.91 bits per heavy atom. The number of fused-ring (bicyclic) bond motifs is 1. The number of hydrogen-bond acceptors (Lipinski definition) is 4. The van der Waals surface area contributed by atoms with E-state index in [0.717, 1.165) is 11.3 Å². The van der Waals surface area contributed by atoms with E-state index < -0.39 is 0 Å². The second-order valence-electron chi connectivity index (χ2n) is 4.77. The molecule has 0 unspecified atom stereocenters. The van der Waals surface area contributed by atoms with Crippen LogP contribution in [0, 0.1) is 0 Å². The van der Waals surface area contributed by atoms with Gasteiger partial charge in [-0.05, 0) is 42.8 Å². The number of rotatable bonds is 5. The Morgan fingerprint density at radius 2 is 2.05 bits per heavy atom. The second-order valence-corrected chi connectivity index (χ2v) is 4.77. The number of carbonyl (C=O) groups is 1. The lowest BCUT2D eigenvalue weighted by Crippen LogP contribution is -1.97. The van der Waals surface area contributed by atoms with Gasteiger partial charge in [0.25, 0.3) is 0 Å². The monoisotopic (exact) mass is 296 g/mol. The van der Waals surface area contributed by atoms with Crippen molar-refractivity contribution in [3.05, 3.63) is 59.7 Å². The van der Waals surface area contributed by atoms with Crippen LogP contribution < -0.4 is 14.2 Å². The average molecular weight is 296 g/mol. The fourth-order valence-corrected chi connectivity index (χ4v) is 2.19. The summed E-state index contributed by atoms with van der Waals surface area (Å²) in [5.41, 5.74) is 1.49. The lowest BCUT2D eigenvalue weighted by Gasteiger charge is -2.03. The third kappa shape index (κ3) is 3.11. The summed E-state index contributed by atoms with van der Waals surface area (Å²) in [5.74, 6) is 2.06. The highest BCUT2D eigenvalue weighted by Gasteiger charge is 2.12. The molecule has 22 heavy (non-hydrogen) atoms. The van der Waals surface area contributed by atoms with Crippen LogP contribution in [0.2, 0.25) is 0 Å². The number of benzene rings is 2. The van der Waals surface area contributed by atoms with Gasteiger partial charge in [0.2, 0.25) is 6.79 Å². The van der Waals surface area contributed by atoms with E-state index in [4.69, 9.17) is 14.2 Å². The van der Waals surface area contributed by atoms with Crippen LogP contribution in [0.3, 0.4) is 0 Å². The molecule has 112 valence electrons. The van der Waals surface area contributed by atoms with Gasteiger partial charge in [-0.15, -0.1) is 0 Å². The Hall–Kier alpha value is -2.75. The molecule has 0 bridgehead atoms. The van der Waals surface area contributed by atoms with Crippen LogP contribution in [0.1, 0.15) is 22.8 Å². The van der Waals surface area contributed by atoms with Gasteiger partial charge in [-0.3, -0.25) is 4.79 Å². The van der Waals surface area contributed by atoms with Crippen LogP contribution in [-0.4, -0.2) is 19.2 Å². The zero-order valence-corrected chi connectivity index (χ0v) is 12.2. The zero-order valence-electron chi connectivity index (χ0n) is 12.2. The van der Waals surface area contributed by atoms with E-state index in [2.05, 4.69) is 0 Å². The predicted octanol–water partition coefficient (Wildman–Crippen LogP) is 3.71. The number of ketones is 1. The summed E-state index contributed by atoms with van der Waals surface area (Å²) in [5, 5.41) is 0. The molecule has 0 radical (unpaired) electrons. The minimum Gasteiger partial charge on any atom is -0.494 e. The van der Waals surface area contributed by atoms with Crippen molar-refractivity contribution in [2.24, 2.45) is 0 Å². The average Bonchev–Trinajstić information content (AvgIpc) is 3.01. The van der Waals surface area contributed by atoms with Crippen LogP contribution in [-0.2, 0) is 0 Å². The van der Waals surface area contributed by atoms with E-state index in [0.29, 0.717) is 23.7 Å². The highest BCUT2D eigenvalue weighted by Crippen LogP contribution is 2.32. The Kier molecular flexibility index (Phi) is 4.10. The zero-order chi connectivity index (χ0) is 15.4. The summed E-state index contributed by atoms with van der Waals surface area (Å²) in [6.45, 7) is 2.73. The quantitative estimate of drug-likeness (QED) is 0.623.